The highest BCUT2D eigenvalue weighted by atomic mass is 16.5. The Morgan fingerprint density at radius 2 is 1.80 bits per heavy atom. The Kier molecular flexibility index (Phi) is 4.43. The van der Waals surface area contributed by atoms with Gasteiger partial charge in [-0.2, -0.15) is 0 Å². The molecular weight excluding hydrogens is 192 g/mol. The summed E-state index contributed by atoms with van der Waals surface area (Å²) in [6, 6.07) is 7.47. The maximum Gasteiger partial charge on any atom is 0.161 e. The van der Waals surface area contributed by atoms with Crippen LogP contribution in [0, 0.1) is 0 Å². The smallest absolute Gasteiger partial charge is 0.161 e. The Balaban J connectivity index is 2.74. The van der Waals surface area contributed by atoms with Crippen molar-refractivity contribution in [3.05, 3.63) is 24.3 Å². The van der Waals surface area contributed by atoms with E-state index in [2.05, 4.69) is 0 Å². The summed E-state index contributed by atoms with van der Waals surface area (Å²) >= 11 is 0. The molecule has 2 atom stereocenters. The molecule has 0 saturated heterocycles. The maximum absolute atomic E-state index is 9.34. The van der Waals surface area contributed by atoms with Crippen LogP contribution in [0.3, 0.4) is 0 Å². The highest BCUT2D eigenvalue weighted by molar-refractivity contribution is 5.39. The Bertz CT molecular complexity index is 297. The van der Waals surface area contributed by atoms with E-state index in [4.69, 9.17) is 9.47 Å². The number of aliphatic hydroxyl groups excluding tert-OH is 1. The van der Waals surface area contributed by atoms with Crippen molar-refractivity contribution in [1.82, 2.24) is 0 Å². The van der Waals surface area contributed by atoms with Crippen LogP contribution in [-0.2, 0) is 0 Å². The minimum absolute atomic E-state index is 0.244. The first-order chi connectivity index (χ1) is 7.15. The first kappa shape index (κ1) is 11.9. The Morgan fingerprint density at radius 3 is 2.33 bits per heavy atom. The van der Waals surface area contributed by atoms with E-state index in [0.717, 1.165) is 0 Å². The van der Waals surface area contributed by atoms with E-state index in [1.54, 1.807) is 6.92 Å². The number of hydrogen-bond acceptors (Lipinski definition) is 3. The minimum atomic E-state index is -0.500. The summed E-state index contributed by atoms with van der Waals surface area (Å²) in [7, 11) is 0. The van der Waals surface area contributed by atoms with Crippen LogP contribution in [0.2, 0.25) is 0 Å². The van der Waals surface area contributed by atoms with Crippen molar-refractivity contribution in [2.24, 2.45) is 0 Å². The Hall–Kier alpha value is -1.22. The second-order valence-electron chi connectivity index (χ2n) is 3.44. The van der Waals surface area contributed by atoms with Crippen LogP contribution in [-0.4, -0.2) is 23.9 Å². The summed E-state index contributed by atoms with van der Waals surface area (Å²) in [6.07, 6.45) is -0.744. The highest BCUT2D eigenvalue weighted by Crippen LogP contribution is 2.27. The fourth-order valence-corrected chi connectivity index (χ4v) is 1.12. The second kappa shape index (κ2) is 5.61. The van der Waals surface area contributed by atoms with E-state index >= 15 is 0 Å². The molecule has 0 bridgehead atoms. The van der Waals surface area contributed by atoms with Gasteiger partial charge in [0, 0.05) is 0 Å². The van der Waals surface area contributed by atoms with Crippen LogP contribution in [0.15, 0.2) is 24.3 Å². The van der Waals surface area contributed by atoms with E-state index in [0.29, 0.717) is 18.1 Å². The van der Waals surface area contributed by atoms with Gasteiger partial charge in [-0.15, -0.1) is 0 Å². The normalized spacial score (nSPS) is 14.4. The zero-order valence-corrected chi connectivity index (χ0v) is 9.43. The van der Waals surface area contributed by atoms with Crippen LogP contribution in [0.4, 0.5) is 0 Å². The van der Waals surface area contributed by atoms with Crippen molar-refractivity contribution in [2.45, 2.75) is 33.0 Å². The first-order valence-corrected chi connectivity index (χ1v) is 5.21. The van der Waals surface area contributed by atoms with Gasteiger partial charge in [0.1, 0.15) is 6.10 Å². The lowest BCUT2D eigenvalue weighted by Crippen LogP contribution is -2.25. The number of ether oxygens (including phenoxy) is 2. The first-order valence-electron chi connectivity index (χ1n) is 5.21. The molecule has 1 rings (SSSR count). The molecule has 3 heteroatoms. The van der Waals surface area contributed by atoms with Crippen molar-refractivity contribution < 1.29 is 14.6 Å². The van der Waals surface area contributed by atoms with Gasteiger partial charge in [-0.25, -0.2) is 0 Å². The van der Waals surface area contributed by atoms with Gasteiger partial charge in [-0.1, -0.05) is 12.1 Å². The van der Waals surface area contributed by atoms with Gasteiger partial charge in [0.25, 0.3) is 0 Å². The van der Waals surface area contributed by atoms with Gasteiger partial charge in [0.05, 0.1) is 12.7 Å². The zero-order chi connectivity index (χ0) is 11.3. The lowest BCUT2D eigenvalue weighted by atomic mass is 10.2. The average Bonchev–Trinajstić information content (AvgIpc) is 2.21. The number of rotatable bonds is 5. The van der Waals surface area contributed by atoms with Crippen molar-refractivity contribution in [1.29, 1.82) is 0 Å². The van der Waals surface area contributed by atoms with E-state index in [1.807, 2.05) is 38.1 Å². The molecule has 0 fully saturated rings. The van der Waals surface area contributed by atoms with Crippen LogP contribution in [0.25, 0.3) is 0 Å². The van der Waals surface area contributed by atoms with Crippen molar-refractivity contribution in [2.75, 3.05) is 6.61 Å². The molecule has 0 aromatic heterocycles. The second-order valence-corrected chi connectivity index (χ2v) is 3.44. The van der Waals surface area contributed by atoms with Crippen LogP contribution in [0.5, 0.6) is 11.5 Å². The predicted molar refractivity (Wildman–Crippen MR) is 59.4 cm³/mol. The molecule has 0 amide bonds. The van der Waals surface area contributed by atoms with Gasteiger partial charge in [-0.3, -0.25) is 0 Å². The lowest BCUT2D eigenvalue weighted by molar-refractivity contribution is 0.0582. The minimum Gasteiger partial charge on any atom is -0.490 e. The van der Waals surface area contributed by atoms with Crippen LogP contribution in [0.1, 0.15) is 20.8 Å². The monoisotopic (exact) mass is 210 g/mol. The number of hydrogen-bond donors (Lipinski definition) is 1. The molecule has 1 unspecified atom stereocenters. The van der Waals surface area contributed by atoms with Crippen molar-refractivity contribution >= 4 is 0 Å². The van der Waals surface area contributed by atoms with E-state index in [1.165, 1.54) is 0 Å². The van der Waals surface area contributed by atoms with E-state index in [9.17, 15) is 5.11 Å². The molecule has 0 spiro atoms. The third kappa shape index (κ3) is 3.44. The summed E-state index contributed by atoms with van der Waals surface area (Å²) in [6.45, 7) is 6.06. The van der Waals surface area contributed by atoms with Gasteiger partial charge in [-0.05, 0) is 32.9 Å². The molecular formula is C12H18O3. The maximum atomic E-state index is 9.34. The molecule has 1 aromatic rings. The summed E-state index contributed by atoms with van der Waals surface area (Å²) in [5.41, 5.74) is 0. The van der Waals surface area contributed by atoms with E-state index in [-0.39, 0.29) is 6.10 Å². The predicted octanol–water partition coefficient (Wildman–Crippen LogP) is 2.23. The molecule has 0 heterocycles. The molecule has 0 aliphatic carbocycles. The molecule has 1 aromatic carbocycles. The summed E-state index contributed by atoms with van der Waals surface area (Å²) < 4.78 is 11.0. The Labute approximate surface area is 90.6 Å². The van der Waals surface area contributed by atoms with Gasteiger partial charge in [0.2, 0.25) is 0 Å². The fourth-order valence-electron chi connectivity index (χ4n) is 1.12. The third-order valence-corrected chi connectivity index (χ3v) is 2.14. The summed E-state index contributed by atoms with van der Waals surface area (Å²) in [4.78, 5) is 0. The third-order valence-electron chi connectivity index (χ3n) is 2.14. The molecule has 1 N–H and O–H groups in total. The molecule has 0 aliphatic rings. The number of benzene rings is 1. The number of aliphatic hydroxyl groups is 1. The summed E-state index contributed by atoms with van der Waals surface area (Å²) in [5.74, 6) is 1.39. The standard InChI is InChI=1S/C12H18O3/c1-4-14-11-7-5-6-8-12(11)15-10(3)9(2)13/h5-10,13H,4H2,1-3H3/t9-,10?/m0/s1. The SMILES string of the molecule is CCOc1ccccc1OC(C)[C@H](C)O. The van der Waals surface area contributed by atoms with Gasteiger partial charge in [0.15, 0.2) is 11.5 Å². The molecule has 0 saturated carbocycles. The van der Waals surface area contributed by atoms with Crippen molar-refractivity contribution in [3.63, 3.8) is 0 Å². The van der Waals surface area contributed by atoms with Crippen molar-refractivity contribution in [3.8, 4) is 11.5 Å². The largest absolute Gasteiger partial charge is 0.490 e. The number of para-hydroxylation sites is 2. The van der Waals surface area contributed by atoms with Gasteiger partial charge >= 0.3 is 0 Å². The lowest BCUT2D eigenvalue weighted by Gasteiger charge is -2.19. The Morgan fingerprint density at radius 1 is 1.20 bits per heavy atom. The fraction of sp³-hybridized carbons (Fsp3) is 0.500. The summed E-state index contributed by atoms with van der Waals surface area (Å²) in [5, 5.41) is 9.34. The van der Waals surface area contributed by atoms with Gasteiger partial charge < -0.3 is 14.6 Å². The molecule has 0 aliphatic heterocycles. The quantitative estimate of drug-likeness (QED) is 0.810. The van der Waals surface area contributed by atoms with Crippen LogP contribution < -0.4 is 9.47 Å². The molecule has 15 heavy (non-hydrogen) atoms. The molecule has 3 nitrogen and oxygen atoms in total. The van der Waals surface area contributed by atoms with Crippen LogP contribution >= 0.6 is 0 Å². The van der Waals surface area contributed by atoms with E-state index < -0.39 is 6.10 Å². The zero-order valence-electron chi connectivity index (χ0n) is 9.43. The molecule has 0 radical (unpaired) electrons. The highest BCUT2D eigenvalue weighted by Gasteiger charge is 2.12. The molecule has 84 valence electrons. The topological polar surface area (TPSA) is 38.7 Å². The average molecular weight is 210 g/mol.